The Morgan fingerprint density at radius 1 is 1.03 bits per heavy atom. The van der Waals surface area contributed by atoms with Crippen LogP contribution in [0.4, 0.5) is 13.2 Å². The van der Waals surface area contributed by atoms with Gasteiger partial charge in [0.1, 0.15) is 5.75 Å². The van der Waals surface area contributed by atoms with Crippen molar-refractivity contribution in [2.45, 2.75) is 69.6 Å². The molecule has 0 amide bonds. The van der Waals surface area contributed by atoms with Crippen molar-refractivity contribution >= 4 is 0 Å². The molecule has 166 valence electrons. The van der Waals surface area contributed by atoms with Crippen LogP contribution in [0.1, 0.15) is 67.2 Å². The highest BCUT2D eigenvalue weighted by molar-refractivity contribution is 5.40. The third-order valence-corrected chi connectivity index (χ3v) is 8.78. The lowest BCUT2D eigenvalue weighted by Crippen LogP contribution is -2.51. The number of alkyl halides is 3. The van der Waals surface area contributed by atoms with Crippen LogP contribution in [0.5, 0.6) is 5.75 Å². The average molecular weight is 431 g/mol. The normalized spacial score (nSPS) is 34.7. The van der Waals surface area contributed by atoms with Crippen molar-refractivity contribution in [1.82, 2.24) is 0 Å². The average Bonchev–Trinajstić information content (AvgIpc) is 2.98. The van der Waals surface area contributed by atoms with Crippen LogP contribution >= 0.6 is 0 Å². The van der Waals surface area contributed by atoms with Gasteiger partial charge in [-0.3, -0.25) is 0 Å². The number of hydrogen-bond donors (Lipinski definition) is 2. The number of fused-ring (bicyclic) bond motifs is 5. The number of hydrogen-bond acceptors (Lipinski definition) is 2. The van der Waals surface area contributed by atoms with Crippen LogP contribution in [0, 0.1) is 17.3 Å². The lowest BCUT2D eigenvalue weighted by molar-refractivity contribution is -0.137. The molecule has 5 atom stereocenters. The summed E-state index contributed by atoms with van der Waals surface area (Å²) in [7, 11) is 0. The highest BCUT2D eigenvalue weighted by atomic mass is 19.4. The second-order valence-corrected chi connectivity index (χ2v) is 10.2. The fourth-order valence-electron chi connectivity index (χ4n) is 7.16. The van der Waals surface area contributed by atoms with Crippen molar-refractivity contribution in [2.75, 3.05) is 0 Å². The zero-order chi connectivity index (χ0) is 22.0. The zero-order valence-corrected chi connectivity index (χ0v) is 17.8. The van der Waals surface area contributed by atoms with Crippen molar-refractivity contribution in [3.05, 3.63) is 64.7 Å². The lowest BCUT2D eigenvalue weighted by atomic mass is 9.53. The molecule has 31 heavy (non-hydrogen) atoms. The molecule has 2 N–H and O–H groups in total. The molecule has 0 saturated heterocycles. The molecule has 0 aliphatic heterocycles. The standard InChI is InChI=1S/C26H29F3O2/c1-24-11-9-21-20-8-6-19(30)14-17(20)5-7-22(21)23(24)10-12-25(24,31)15-16-3-2-4-18(13-16)26(27,28)29/h2-4,6,8,13-14,21-23,30-31H,5,7,9-12,15H2,1H3/t21-,22-,23+,24+,25-/m1/s1. The summed E-state index contributed by atoms with van der Waals surface area (Å²) in [5, 5.41) is 21.7. The monoisotopic (exact) mass is 430 g/mol. The van der Waals surface area contributed by atoms with Gasteiger partial charge in [-0.25, -0.2) is 0 Å². The van der Waals surface area contributed by atoms with Crippen LogP contribution in [0.25, 0.3) is 0 Å². The topological polar surface area (TPSA) is 40.5 Å². The van der Waals surface area contributed by atoms with Gasteiger partial charge in [0, 0.05) is 6.42 Å². The fourth-order valence-corrected chi connectivity index (χ4v) is 7.16. The van der Waals surface area contributed by atoms with Gasteiger partial charge in [0.25, 0.3) is 0 Å². The third-order valence-electron chi connectivity index (χ3n) is 8.78. The van der Waals surface area contributed by atoms with Gasteiger partial charge >= 0.3 is 6.18 Å². The van der Waals surface area contributed by atoms with E-state index in [1.165, 1.54) is 23.3 Å². The minimum atomic E-state index is -4.37. The van der Waals surface area contributed by atoms with Crippen molar-refractivity contribution in [3.8, 4) is 5.75 Å². The van der Waals surface area contributed by atoms with E-state index in [0.717, 1.165) is 38.2 Å². The summed E-state index contributed by atoms with van der Waals surface area (Å²) in [6.07, 6.45) is 1.27. The number of phenols is 1. The Bertz CT molecular complexity index is 1000. The second-order valence-electron chi connectivity index (χ2n) is 10.2. The molecule has 0 radical (unpaired) electrons. The first-order valence-electron chi connectivity index (χ1n) is 11.3. The molecule has 2 fully saturated rings. The van der Waals surface area contributed by atoms with Crippen molar-refractivity contribution in [3.63, 3.8) is 0 Å². The largest absolute Gasteiger partial charge is 0.508 e. The van der Waals surface area contributed by atoms with E-state index in [4.69, 9.17) is 0 Å². The van der Waals surface area contributed by atoms with Crippen molar-refractivity contribution in [1.29, 1.82) is 0 Å². The molecule has 0 heterocycles. The summed E-state index contributed by atoms with van der Waals surface area (Å²) < 4.78 is 39.5. The maximum atomic E-state index is 13.2. The SMILES string of the molecule is C[C@]12CC[C@@H]3c4ccc(O)cc4CC[C@H]3[C@@H]1CC[C@@]2(O)Cc1cccc(C(F)(F)F)c1. The zero-order valence-electron chi connectivity index (χ0n) is 17.8. The van der Waals surface area contributed by atoms with E-state index in [1.807, 2.05) is 6.07 Å². The van der Waals surface area contributed by atoms with Crippen LogP contribution < -0.4 is 0 Å². The van der Waals surface area contributed by atoms with Gasteiger partial charge in [0.05, 0.1) is 11.2 Å². The Balaban J connectivity index is 1.42. The molecule has 2 aromatic carbocycles. The smallest absolute Gasteiger partial charge is 0.416 e. The van der Waals surface area contributed by atoms with Gasteiger partial charge in [-0.05, 0) is 96.6 Å². The summed E-state index contributed by atoms with van der Waals surface area (Å²) in [6.45, 7) is 2.17. The molecule has 0 spiro atoms. The molecule has 3 aliphatic rings. The Morgan fingerprint density at radius 2 is 1.84 bits per heavy atom. The highest BCUT2D eigenvalue weighted by Gasteiger charge is 2.61. The van der Waals surface area contributed by atoms with E-state index in [9.17, 15) is 23.4 Å². The van der Waals surface area contributed by atoms with Crippen LogP contribution in [-0.2, 0) is 19.0 Å². The van der Waals surface area contributed by atoms with Gasteiger partial charge in [-0.15, -0.1) is 0 Å². The molecular formula is C26H29F3O2. The molecule has 3 aliphatic carbocycles. The van der Waals surface area contributed by atoms with Crippen molar-refractivity contribution < 1.29 is 23.4 Å². The predicted molar refractivity (Wildman–Crippen MR) is 113 cm³/mol. The van der Waals surface area contributed by atoms with Crippen LogP contribution in [0.3, 0.4) is 0 Å². The molecule has 5 rings (SSSR count). The molecule has 2 nitrogen and oxygen atoms in total. The van der Waals surface area contributed by atoms with Crippen LogP contribution in [0.2, 0.25) is 0 Å². The maximum Gasteiger partial charge on any atom is 0.416 e. The molecule has 0 aromatic heterocycles. The third kappa shape index (κ3) is 3.27. The van der Waals surface area contributed by atoms with Gasteiger partial charge in [-0.1, -0.05) is 31.2 Å². The molecule has 5 heteroatoms. The quantitative estimate of drug-likeness (QED) is 0.592. The number of aromatic hydroxyl groups is 1. The summed E-state index contributed by atoms with van der Waals surface area (Å²) >= 11 is 0. The first kappa shape index (κ1) is 20.9. The van der Waals surface area contributed by atoms with Gasteiger partial charge in [-0.2, -0.15) is 13.2 Å². The maximum absolute atomic E-state index is 13.2. The fraction of sp³-hybridized carbons (Fsp3) is 0.538. The predicted octanol–water partition coefficient (Wildman–Crippen LogP) is 6.24. The Labute approximate surface area is 181 Å². The lowest BCUT2D eigenvalue weighted by Gasteiger charge is -2.53. The number of aliphatic hydroxyl groups is 1. The molecular weight excluding hydrogens is 401 g/mol. The first-order valence-corrected chi connectivity index (χ1v) is 11.3. The van der Waals surface area contributed by atoms with Crippen LogP contribution in [-0.4, -0.2) is 15.8 Å². The molecule has 2 aromatic rings. The highest BCUT2D eigenvalue weighted by Crippen LogP contribution is 2.65. The Kier molecular flexibility index (Phi) is 4.71. The number of phenolic OH excluding ortho intramolecular Hbond substituents is 1. The van der Waals surface area contributed by atoms with E-state index < -0.39 is 17.3 Å². The number of halogens is 3. The van der Waals surface area contributed by atoms with E-state index >= 15 is 0 Å². The van der Waals surface area contributed by atoms with E-state index in [1.54, 1.807) is 12.1 Å². The van der Waals surface area contributed by atoms with E-state index in [2.05, 4.69) is 13.0 Å². The second kappa shape index (κ2) is 6.99. The minimum absolute atomic E-state index is 0.270. The molecule has 0 unspecified atom stereocenters. The van der Waals surface area contributed by atoms with Gasteiger partial charge in [0.2, 0.25) is 0 Å². The van der Waals surface area contributed by atoms with Gasteiger partial charge < -0.3 is 10.2 Å². The Morgan fingerprint density at radius 3 is 2.61 bits per heavy atom. The first-order chi connectivity index (χ1) is 14.6. The van der Waals surface area contributed by atoms with E-state index in [-0.39, 0.29) is 11.8 Å². The minimum Gasteiger partial charge on any atom is -0.508 e. The summed E-state index contributed by atoms with van der Waals surface area (Å²) in [5.41, 5.74) is 1.21. The summed E-state index contributed by atoms with van der Waals surface area (Å²) in [5.74, 6) is 1.60. The summed E-state index contributed by atoms with van der Waals surface area (Å²) in [4.78, 5) is 0. The Hall–Kier alpha value is -2.01. The van der Waals surface area contributed by atoms with Gasteiger partial charge in [0.15, 0.2) is 0 Å². The summed E-state index contributed by atoms with van der Waals surface area (Å²) in [6, 6.07) is 11.2. The van der Waals surface area contributed by atoms with Crippen molar-refractivity contribution in [2.24, 2.45) is 17.3 Å². The molecule has 0 bridgehead atoms. The molecule has 2 saturated carbocycles. The van der Waals surface area contributed by atoms with Crippen LogP contribution in [0.15, 0.2) is 42.5 Å². The number of aryl methyl sites for hydroxylation is 1. The number of rotatable bonds is 2. The van der Waals surface area contributed by atoms with E-state index in [0.29, 0.717) is 35.5 Å². The number of benzene rings is 2.